The van der Waals surface area contributed by atoms with Gasteiger partial charge in [0.25, 0.3) is 0 Å². The van der Waals surface area contributed by atoms with Crippen LogP contribution in [-0.4, -0.2) is 75.2 Å². The molecule has 0 spiro atoms. The van der Waals surface area contributed by atoms with Gasteiger partial charge in [-0.3, -0.25) is 14.8 Å². The van der Waals surface area contributed by atoms with Gasteiger partial charge >= 0.3 is 6.36 Å². The quantitative estimate of drug-likeness (QED) is 0.326. The number of anilines is 1. The minimum Gasteiger partial charge on any atom is -0.406 e. The molecule has 1 saturated heterocycles. The van der Waals surface area contributed by atoms with Gasteiger partial charge in [0.1, 0.15) is 11.4 Å². The lowest BCUT2D eigenvalue weighted by Crippen LogP contribution is -2.44. The number of aryl methyl sites for hydroxylation is 1. The number of ketones is 1. The first kappa shape index (κ1) is 26.3. The summed E-state index contributed by atoms with van der Waals surface area (Å²) in [4.78, 5) is 26.2. The predicted molar refractivity (Wildman–Crippen MR) is 138 cm³/mol. The van der Waals surface area contributed by atoms with Crippen LogP contribution < -0.4 is 9.64 Å². The van der Waals surface area contributed by atoms with Gasteiger partial charge in [-0.05, 0) is 43.8 Å². The zero-order valence-corrected chi connectivity index (χ0v) is 21.4. The molecule has 0 unspecified atom stereocenters. The van der Waals surface area contributed by atoms with Gasteiger partial charge in [0.05, 0.1) is 29.5 Å². The first-order valence-corrected chi connectivity index (χ1v) is 12.3. The van der Waals surface area contributed by atoms with Crippen LogP contribution >= 0.6 is 0 Å². The van der Waals surface area contributed by atoms with Gasteiger partial charge in [-0.2, -0.15) is 0 Å². The van der Waals surface area contributed by atoms with Crippen molar-refractivity contribution in [2.45, 2.75) is 19.7 Å². The van der Waals surface area contributed by atoms with E-state index in [9.17, 15) is 18.0 Å². The minimum absolute atomic E-state index is 0.0612. The van der Waals surface area contributed by atoms with Gasteiger partial charge in [0, 0.05) is 56.1 Å². The Balaban J connectivity index is 1.33. The molecule has 1 fully saturated rings. The number of Topliss-reactive ketones (excluding diaryl/α,β-unsaturated/α-hetero) is 1. The normalized spacial score (nSPS) is 14.4. The number of hydrogen-bond donors (Lipinski definition) is 0. The van der Waals surface area contributed by atoms with E-state index in [-0.39, 0.29) is 17.8 Å². The Morgan fingerprint density at radius 2 is 1.85 bits per heavy atom. The van der Waals surface area contributed by atoms with Crippen LogP contribution in [0.1, 0.15) is 21.6 Å². The molecule has 12 heteroatoms. The summed E-state index contributed by atoms with van der Waals surface area (Å²) in [7, 11) is 2.11. The molecule has 3 aromatic heterocycles. The molecule has 0 N–H and O–H groups in total. The van der Waals surface area contributed by atoms with E-state index in [0.717, 1.165) is 49.6 Å². The zero-order valence-electron chi connectivity index (χ0n) is 21.4. The summed E-state index contributed by atoms with van der Waals surface area (Å²) in [6, 6.07) is 8.83. The fraction of sp³-hybridized carbons (Fsp3) is 0.296. The van der Waals surface area contributed by atoms with Crippen molar-refractivity contribution in [3.8, 4) is 22.7 Å². The highest BCUT2D eigenvalue weighted by molar-refractivity contribution is 5.97. The molecule has 1 aliphatic heterocycles. The minimum atomic E-state index is -4.84. The number of pyridine rings is 2. The maximum absolute atomic E-state index is 12.8. The SMILES string of the molecule is Cc1ncc(CC(=O)c2cccc(OC(F)(F)F)c2)cc1-n1cc(-c2cncc(N3CCN(C)CC3)c2)nn1. The molecule has 0 amide bonds. The predicted octanol–water partition coefficient (Wildman–Crippen LogP) is 4.11. The van der Waals surface area contributed by atoms with Crippen molar-refractivity contribution in [3.63, 3.8) is 0 Å². The standard InChI is InChI=1S/C27H26F3N7O2/c1-18-25(10-19(14-32-18)11-26(38)20-4-3-5-23(13-20)39-27(28,29)30)37-17-24(33-34-37)21-12-22(16-31-15-21)36-8-6-35(2)7-9-36/h3-5,10,12-17H,6-9,11H2,1-2H3. The molecular weight excluding hydrogens is 511 g/mol. The van der Waals surface area contributed by atoms with Crippen molar-refractivity contribution in [1.29, 1.82) is 0 Å². The molecule has 0 atom stereocenters. The zero-order chi connectivity index (χ0) is 27.6. The number of carbonyl (C=O) groups excluding carboxylic acids is 1. The lowest BCUT2D eigenvalue weighted by atomic mass is 10.0. The van der Waals surface area contributed by atoms with Crippen molar-refractivity contribution in [2.75, 3.05) is 38.1 Å². The maximum atomic E-state index is 12.8. The van der Waals surface area contributed by atoms with E-state index in [0.29, 0.717) is 22.6 Å². The molecule has 5 rings (SSSR count). The Hall–Kier alpha value is -4.32. The molecule has 0 bridgehead atoms. The molecule has 39 heavy (non-hydrogen) atoms. The van der Waals surface area contributed by atoms with Gasteiger partial charge in [0.2, 0.25) is 0 Å². The molecule has 1 aliphatic rings. The Bertz CT molecular complexity index is 1480. The van der Waals surface area contributed by atoms with Crippen molar-refractivity contribution in [1.82, 2.24) is 29.9 Å². The molecule has 0 saturated carbocycles. The number of hydrogen-bond acceptors (Lipinski definition) is 8. The van der Waals surface area contributed by atoms with Crippen LogP contribution in [0.5, 0.6) is 5.75 Å². The highest BCUT2D eigenvalue weighted by atomic mass is 19.4. The summed E-state index contributed by atoms with van der Waals surface area (Å²) >= 11 is 0. The molecule has 0 radical (unpaired) electrons. The fourth-order valence-electron chi connectivity index (χ4n) is 4.37. The topological polar surface area (TPSA) is 89.3 Å². The summed E-state index contributed by atoms with van der Waals surface area (Å²) in [5.41, 5.74) is 4.49. The number of carbonyl (C=O) groups is 1. The lowest BCUT2D eigenvalue weighted by Gasteiger charge is -2.33. The molecule has 202 valence electrons. The number of rotatable bonds is 7. The van der Waals surface area contributed by atoms with Gasteiger partial charge < -0.3 is 14.5 Å². The van der Waals surface area contributed by atoms with E-state index in [1.807, 2.05) is 19.2 Å². The Labute approximate surface area is 222 Å². The maximum Gasteiger partial charge on any atom is 0.573 e. The molecule has 4 aromatic rings. The van der Waals surface area contributed by atoms with Crippen LogP contribution in [0, 0.1) is 6.92 Å². The number of benzene rings is 1. The highest BCUT2D eigenvalue weighted by Crippen LogP contribution is 2.26. The third kappa shape index (κ3) is 6.40. The van der Waals surface area contributed by atoms with Gasteiger partial charge in [0.15, 0.2) is 5.78 Å². The lowest BCUT2D eigenvalue weighted by molar-refractivity contribution is -0.274. The molecule has 0 aliphatic carbocycles. The van der Waals surface area contributed by atoms with E-state index in [2.05, 4.69) is 41.9 Å². The van der Waals surface area contributed by atoms with Crippen LogP contribution in [0.3, 0.4) is 0 Å². The molecule has 9 nitrogen and oxygen atoms in total. The van der Waals surface area contributed by atoms with E-state index in [4.69, 9.17) is 0 Å². The molecular formula is C27H26F3N7O2. The Morgan fingerprint density at radius 1 is 1.05 bits per heavy atom. The third-order valence-corrected chi connectivity index (χ3v) is 6.50. The summed E-state index contributed by atoms with van der Waals surface area (Å²) in [6.07, 6.45) is 2.03. The van der Waals surface area contributed by atoms with E-state index >= 15 is 0 Å². The number of likely N-dealkylation sites (N-methyl/N-ethyl adjacent to an activating group) is 1. The summed E-state index contributed by atoms with van der Waals surface area (Å²) in [5, 5.41) is 8.60. The highest BCUT2D eigenvalue weighted by Gasteiger charge is 2.31. The van der Waals surface area contributed by atoms with Crippen molar-refractivity contribution >= 4 is 11.5 Å². The van der Waals surface area contributed by atoms with E-state index in [1.54, 1.807) is 29.3 Å². The number of piperazine rings is 1. The smallest absolute Gasteiger partial charge is 0.406 e. The van der Waals surface area contributed by atoms with Crippen molar-refractivity contribution in [3.05, 3.63) is 78.0 Å². The molecule has 1 aromatic carbocycles. The fourth-order valence-corrected chi connectivity index (χ4v) is 4.37. The molecule has 4 heterocycles. The third-order valence-electron chi connectivity index (χ3n) is 6.50. The van der Waals surface area contributed by atoms with Crippen molar-refractivity contribution in [2.24, 2.45) is 0 Å². The summed E-state index contributed by atoms with van der Waals surface area (Å²) < 4.78 is 43.2. The van der Waals surface area contributed by atoms with E-state index in [1.165, 1.54) is 12.1 Å². The average molecular weight is 538 g/mol. The van der Waals surface area contributed by atoms with Gasteiger partial charge in [-0.15, -0.1) is 18.3 Å². The summed E-state index contributed by atoms with van der Waals surface area (Å²) in [6.45, 7) is 5.63. The second kappa shape index (κ2) is 10.8. The Kier molecular flexibility index (Phi) is 7.29. The number of halogens is 3. The number of aromatic nitrogens is 5. The van der Waals surface area contributed by atoms with Crippen LogP contribution in [0.4, 0.5) is 18.9 Å². The monoisotopic (exact) mass is 537 g/mol. The largest absolute Gasteiger partial charge is 0.573 e. The van der Waals surface area contributed by atoms with Crippen LogP contribution in [0.25, 0.3) is 16.9 Å². The van der Waals surface area contributed by atoms with Crippen LogP contribution in [-0.2, 0) is 6.42 Å². The number of alkyl halides is 3. The van der Waals surface area contributed by atoms with Gasteiger partial charge in [-0.1, -0.05) is 17.3 Å². The van der Waals surface area contributed by atoms with Crippen LogP contribution in [0.2, 0.25) is 0 Å². The van der Waals surface area contributed by atoms with E-state index < -0.39 is 12.1 Å². The first-order valence-electron chi connectivity index (χ1n) is 12.3. The number of ether oxygens (including phenoxy) is 1. The van der Waals surface area contributed by atoms with Gasteiger partial charge in [-0.25, -0.2) is 4.68 Å². The second-order valence-electron chi connectivity index (χ2n) is 9.39. The second-order valence-corrected chi connectivity index (χ2v) is 9.39. The Morgan fingerprint density at radius 3 is 2.62 bits per heavy atom. The first-order chi connectivity index (χ1) is 18.6. The van der Waals surface area contributed by atoms with Crippen LogP contribution in [0.15, 0.2) is 61.2 Å². The number of nitrogens with zero attached hydrogens (tertiary/aromatic N) is 7. The average Bonchev–Trinajstić information content (AvgIpc) is 3.40. The summed E-state index contributed by atoms with van der Waals surface area (Å²) in [5.74, 6) is -0.817. The van der Waals surface area contributed by atoms with Crippen molar-refractivity contribution < 1.29 is 22.7 Å².